The van der Waals surface area contributed by atoms with E-state index in [0.717, 1.165) is 54.9 Å². The highest BCUT2D eigenvalue weighted by Crippen LogP contribution is 2.47. The Morgan fingerprint density at radius 3 is 1.60 bits per heavy atom. The number of allylic oxidation sites excluding steroid dienone is 1. The van der Waals surface area contributed by atoms with E-state index >= 15 is 0 Å². The molecule has 1 unspecified atom stereocenters. The molecule has 3 heteroatoms. The lowest BCUT2D eigenvalue weighted by Gasteiger charge is -2.25. The van der Waals surface area contributed by atoms with Crippen LogP contribution in [0.3, 0.4) is 0 Å². The maximum absolute atomic E-state index is 10.3. The van der Waals surface area contributed by atoms with Crippen LogP contribution < -0.4 is 0 Å². The first-order valence-corrected chi connectivity index (χ1v) is 20.6. The lowest BCUT2D eigenvalue weighted by Crippen LogP contribution is -2.14. The van der Waals surface area contributed by atoms with E-state index in [4.69, 9.17) is 16.4 Å². The van der Waals surface area contributed by atoms with E-state index in [2.05, 4.69) is 57.7 Å². The van der Waals surface area contributed by atoms with Gasteiger partial charge in [-0.25, -0.2) is 0 Å². The monoisotopic (exact) mass is 820 g/mol. The summed E-state index contributed by atoms with van der Waals surface area (Å²) in [6.45, 7) is 0. The smallest absolute Gasteiger partial charge is 0.0653 e. The molecular formula is C60H41N3. The van der Waals surface area contributed by atoms with Gasteiger partial charge in [-0.2, -0.15) is 0 Å². The molecule has 13 rings (SSSR count). The normalized spacial score (nSPS) is 17.5. The van der Waals surface area contributed by atoms with E-state index in [1.54, 1.807) is 16.7 Å². The molecule has 63 heavy (non-hydrogen) atoms. The number of hydrogen-bond donors (Lipinski definition) is 0. The van der Waals surface area contributed by atoms with Gasteiger partial charge in [0.15, 0.2) is 0 Å². The van der Waals surface area contributed by atoms with Gasteiger partial charge in [0, 0.05) is 43.7 Å². The van der Waals surface area contributed by atoms with Gasteiger partial charge in [0.2, 0.25) is 0 Å². The minimum Gasteiger partial charge on any atom is -0.332 e. The molecule has 0 aliphatic heterocycles. The van der Waals surface area contributed by atoms with Crippen LogP contribution in [0.5, 0.6) is 0 Å². The first kappa shape index (κ1) is 22.6. The van der Waals surface area contributed by atoms with E-state index < -0.39 is 142 Å². The minimum atomic E-state index is -0.875. The maximum atomic E-state index is 10.3. The van der Waals surface area contributed by atoms with Crippen molar-refractivity contribution in [3.63, 3.8) is 0 Å². The molecule has 1 aliphatic rings. The van der Waals surface area contributed by atoms with Crippen molar-refractivity contribution in [3.05, 3.63) is 235 Å². The van der Waals surface area contributed by atoms with E-state index in [0.29, 0.717) is 23.0 Å². The summed E-state index contributed by atoms with van der Waals surface area (Å²) in [6, 6.07) is 24.7. The van der Waals surface area contributed by atoms with Crippen LogP contribution in [-0.4, -0.2) is 13.7 Å². The third-order valence-corrected chi connectivity index (χ3v) is 12.1. The van der Waals surface area contributed by atoms with Crippen LogP contribution in [0.25, 0.3) is 105 Å². The van der Waals surface area contributed by atoms with Crippen molar-refractivity contribution < 1.29 is 23.3 Å². The third kappa shape index (κ3) is 5.53. The summed E-state index contributed by atoms with van der Waals surface area (Å²) >= 11 is 0. The second kappa shape index (κ2) is 14.2. The van der Waals surface area contributed by atoms with Crippen molar-refractivity contribution in [1.82, 2.24) is 13.7 Å². The second-order valence-electron chi connectivity index (χ2n) is 15.5. The van der Waals surface area contributed by atoms with E-state index in [9.17, 15) is 6.85 Å². The fraction of sp³-hybridized carbons (Fsp3) is 0.0333. The molecule has 296 valence electrons. The molecule has 1 aliphatic carbocycles. The minimum absolute atomic E-state index is 0.277. The highest BCUT2D eigenvalue weighted by atomic mass is 15.1. The Morgan fingerprint density at radius 1 is 0.413 bits per heavy atom. The van der Waals surface area contributed by atoms with Crippen LogP contribution in [0, 0.1) is 0 Å². The van der Waals surface area contributed by atoms with Crippen LogP contribution in [-0.2, 0) is 0 Å². The van der Waals surface area contributed by atoms with E-state index in [-0.39, 0.29) is 5.69 Å². The first-order valence-electron chi connectivity index (χ1n) is 29.1. The lowest BCUT2D eigenvalue weighted by molar-refractivity contribution is 0.627. The van der Waals surface area contributed by atoms with E-state index in [1.165, 1.54) is 0 Å². The Kier molecular flexibility index (Phi) is 5.11. The fourth-order valence-electron chi connectivity index (χ4n) is 9.60. The molecule has 0 amide bonds. The third-order valence-electron chi connectivity index (χ3n) is 12.1. The van der Waals surface area contributed by atoms with Crippen LogP contribution in [0.1, 0.15) is 47.0 Å². The lowest BCUT2D eigenvalue weighted by atomic mass is 9.94. The molecule has 3 aromatic heterocycles. The molecule has 3 heterocycles. The molecule has 0 saturated heterocycles. The predicted octanol–water partition coefficient (Wildman–Crippen LogP) is 15.8. The van der Waals surface area contributed by atoms with Gasteiger partial charge >= 0.3 is 0 Å². The molecule has 0 bridgehead atoms. The SMILES string of the molecule is [2H]c1c([2H])c([2H])c(-c2c([2H])c([2H])c([2H])c(-c3c([2H])c(-c4c([2H])c([2H])c([2H])c([2H])c4[2H])c([2H])c(-n4c5c(c6ccccc64)C(n4c6ccccc6c6c(-n7c8ccccc8c8ccccc87)cccc64)CC=C5)c3[2H])c2[2H])c([2H])c1[2H]. The number of benzene rings is 9. The van der Waals surface area contributed by atoms with Crippen molar-refractivity contribution in [1.29, 1.82) is 0 Å². The average molecular weight is 821 g/mol. The Hall–Kier alpha value is -8.14. The van der Waals surface area contributed by atoms with Crippen LogP contribution in [0.2, 0.25) is 0 Å². The van der Waals surface area contributed by atoms with Gasteiger partial charge in [0.25, 0.3) is 0 Å². The number of para-hydroxylation sites is 4. The molecule has 12 aromatic rings. The zero-order valence-corrected chi connectivity index (χ0v) is 33.3. The van der Waals surface area contributed by atoms with E-state index in [1.807, 2.05) is 66.7 Å². The van der Waals surface area contributed by atoms with Crippen LogP contribution >= 0.6 is 0 Å². The highest BCUT2D eigenvalue weighted by molar-refractivity contribution is 6.16. The molecule has 0 N–H and O–H groups in total. The standard InChI is InChI=1S/C60H41N3/c1-3-18-40(19-4-1)42-22-15-23-43(36-42)45-37-44(41-20-5-2-6-21-41)38-46(39-45)61-53-30-13-9-26-49(53)59-55(61)32-16-34-57(59)63-54-31-14-10-27-50(54)60-56(33-17-35-58(60)63)62-51-28-11-7-24-47(51)48-25-8-12-29-52(48)62/h1-33,35-39,57H,34H2/i1D,2D,3D,4D,5D,6D,15D,18D,19D,20D,21D,22D,23D,36D,37D,38D,39D. The van der Waals surface area contributed by atoms with Crippen molar-refractivity contribution in [2.45, 2.75) is 12.5 Å². The Labute approximate surface area is 389 Å². The number of rotatable bonds is 6. The highest BCUT2D eigenvalue weighted by Gasteiger charge is 2.30. The molecule has 1 atom stereocenters. The molecule has 0 radical (unpaired) electrons. The topological polar surface area (TPSA) is 14.8 Å². The molecule has 0 saturated carbocycles. The van der Waals surface area contributed by atoms with Gasteiger partial charge in [-0.15, -0.1) is 0 Å². The van der Waals surface area contributed by atoms with Crippen LogP contribution in [0.4, 0.5) is 0 Å². The summed E-state index contributed by atoms with van der Waals surface area (Å²) < 4.78 is 161. The van der Waals surface area contributed by atoms with Crippen molar-refractivity contribution in [2.24, 2.45) is 0 Å². The molecule has 9 aromatic carbocycles. The number of aromatic nitrogens is 3. The zero-order chi connectivity index (χ0) is 56.2. The van der Waals surface area contributed by atoms with Gasteiger partial charge in [0.05, 0.1) is 62.8 Å². The fourth-order valence-corrected chi connectivity index (χ4v) is 9.60. The summed E-state index contributed by atoms with van der Waals surface area (Å²) in [5.74, 6) is 0. The maximum Gasteiger partial charge on any atom is 0.0653 e. The Bertz CT molecular complexity index is 4690. The Balaban J connectivity index is 1.14. The zero-order valence-electron chi connectivity index (χ0n) is 50.3. The largest absolute Gasteiger partial charge is 0.332 e. The molecule has 3 nitrogen and oxygen atoms in total. The van der Waals surface area contributed by atoms with Gasteiger partial charge in [0.1, 0.15) is 0 Å². The number of hydrogen-bond acceptors (Lipinski definition) is 0. The van der Waals surface area contributed by atoms with Crippen molar-refractivity contribution in [3.8, 4) is 44.8 Å². The van der Waals surface area contributed by atoms with Gasteiger partial charge < -0.3 is 13.7 Å². The molecule has 0 spiro atoms. The Morgan fingerprint density at radius 2 is 0.921 bits per heavy atom. The predicted molar refractivity (Wildman–Crippen MR) is 265 cm³/mol. The van der Waals surface area contributed by atoms with Crippen molar-refractivity contribution in [2.75, 3.05) is 0 Å². The van der Waals surface area contributed by atoms with Crippen LogP contribution in [0.15, 0.2) is 224 Å². The number of fused-ring (bicyclic) bond motifs is 9. The van der Waals surface area contributed by atoms with Gasteiger partial charge in [-0.1, -0.05) is 163 Å². The summed E-state index contributed by atoms with van der Waals surface area (Å²) in [7, 11) is 0. The molecular weight excluding hydrogens is 763 g/mol. The summed E-state index contributed by atoms with van der Waals surface area (Å²) in [5.41, 5.74) is 2.69. The molecule has 0 fully saturated rings. The summed E-state index contributed by atoms with van der Waals surface area (Å²) in [4.78, 5) is 0. The summed E-state index contributed by atoms with van der Waals surface area (Å²) in [6.07, 6.45) is 4.33. The van der Waals surface area contributed by atoms with Gasteiger partial charge in [-0.3, -0.25) is 0 Å². The first-order chi connectivity index (χ1) is 38.4. The second-order valence-corrected chi connectivity index (χ2v) is 15.5. The van der Waals surface area contributed by atoms with Gasteiger partial charge in [-0.05, 0) is 106 Å². The average Bonchev–Trinajstić information content (AvgIpc) is 4.18. The summed E-state index contributed by atoms with van der Waals surface area (Å²) in [5, 5.41) is 4.92. The number of nitrogens with zero attached hydrogens (tertiary/aromatic N) is 3. The quantitative estimate of drug-likeness (QED) is 0.159. The van der Waals surface area contributed by atoms with Crippen molar-refractivity contribution >= 4 is 60.6 Å².